The minimum atomic E-state index is -1.14. The number of nitrogens with one attached hydrogen (secondary N) is 2. The molecule has 4 N–H and O–H groups in total. The normalized spacial score (nSPS) is 12.1. The first-order valence-corrected chi connectivity index (χ1v) is 11.7. The lowest BCUT2D eigenvalue weighted by atomic mass is 9.98. The number of carbonyl (C=O) groups is 3. The minimum absolute atomic E-state index is 0.0957. The molecule has 0 heterocycles. The van der Waals surface area contributed by atoms with E-state index < -0.39 is 23.9 Å². The molecule has 2 aromatic rings. The second-order valence-corrected chi connectivity index (χ2v) is 7.88. The summed E-state index contributed by atoms with van der Waals surface area (Å²) in [4.78, 5) is 52.6. The van der Waals surface area contributed by atoms with E-state index >= 15 is 0 Å². The molecule has 3 amide bonds. The minimum Gasteiger partial charge on any atom is -0.449 e. The fourth-order valence-electron chi connectivity index (χ4n) is 3.93. The topological polar surface area (TPSA) is 163 Å². The zero-order valence-corrected chi connectivity index (χ0v) is 20.6. The van der Waals surface area contributed by atoms with Crippen LogP contribution in [-0.4, -0.2) is 69.7 Å². The molecular formula is C26H31N3O8. The molecule has 11 heteroatoms. The highest BCUT2D eigenvalue weighted by molar-refractivity contribution is 5.90. The van der Waals surface area contributed by atoms with Gasteiger partial charge >= 0.3 is 12.2 Å². The van der Waals surface area contributed by atoms with Gasteiger partial charge in [0, 0.05) is 19.1 Å². The van der Waals surface area contributed by atoms with Gasteiger partial charge in [0.05, 0.1) is 26.2 Å². The molecule has 1 aliphatic carbocycles. The smallest absolute Gasteiger partial charge is 0.407 e. The van der Waals surface area contributed by atoms with Crippen molar-refractivity contribution in [3.8, 4) is 11.1 Å². The van der Waals surface area contributed by atoms with Gasteiger partial charge in [-0.25, -0.2) is 4.79 Å². The maximum atomic E-state index is 12.5. The van der Waals surface area contributed by atoms with Crippen molar-refractivity contribution < 1.29 is 38.2 Å². The standard InChI is InChI=1S/C25H31N3O6.CO2/c1-2-32-13-14-33-12-11-27-24(30)22(15-23(26)29)28-25(31)34-16-21-19-9-5-3-7-17(19)18-8-4-6-10-20(18)21;2-1-3/h3-10,21-22H,2,11-16H2,1H3,(H2,26,29)(H,27,30)(H,28,31);/t22-;/m0./s1. The predicted octanol–water partition coefficient (Wildman–Crippen LogP) is 1.35. The molecule has 2 aromatic carbocycles. The van der Waals surface area contributed by atoms with Gasteiger partial charge in [0.25, 0.3) is 0 Å². The number of nitrogens with two attached hydrogens (primary N) is 1. The molecule has 1 atom stereocenters. The summed E-state index contributed by atoms with van der Waals surface area (Å²) in [5, 5.41) is 5.08. The van der Waals surface area contributed by atoms with Gasteiger partial charge in [0.2, 0.25) is 11.8 Å². The molecule has 0 aromatic heterocycles. The molecule has 198 valence electrons. The zero-order chi connectivity index (χ0) is 27.0. The van der Waals surface area contributed by atoms with Crippen LogP contribution in [0.3, 0.4) is 0 Å². The van der Waals surface area contributed by atoms with Crippen LogP contribution >= 0.6 is 0 Å². The Labute approximate surface area is 214 Å². The highest BCUT2D eigenvalue weighted by Crippen LogP contribution is 2.44. The number of benzene rings is 2. The van der Waals surface area contributed by atoms with Crippen LogP contribution in [0.4, 0.5) is 4.79 Å². The van der Waals surface area contributed by atoms with Crippen LogP contribution < -0.4 is 16.4 Å². The second kappa shape index (κ2) is 15.8. The summed E-state index contributed by atoms with van der Waals surface area (Å²) in [6, 6.07) is 14.8. The van der Waals surface area contributed by atoms with E-state index in [0.717, 1.165) is 22.3 Å². The van der Waals surface area contributed by atoms with Crippen LogP contribution in [0.5, 0.6) is 0 Å². The summed E-state index contributed by atoms with van der Waals surface area (Å²) in [7, 11) is 0. The van der Waals surface area contributed by atoms with Crippen LogP contribution in [-0.2, 0) is 33.4 Å². The first-order chi connectivity index (χ1) is 17.9. The number of primary amides is 1. The zero-order valence-electron chi connectivity index (χ0n) is 20.6. The van der Waals surface area contributed by atoms with E-state index in [1.807, 2.05) is 55.5 Å². The number of hydrogen-bond donors (Lipinski definition) is 3. The molecule has 0 fully saturated rings. The Morgan fingerprint density at radius 1 is 0.946 bits per heavy atom. The van der Waals surface area contributed by atoms with Crippen molar-refractivity contribution in [3.05, 3.63) is 59.7 Å². The second-order valence-electron chi connectivity index (χ2n) is 7.88. The van der Waals surface area contributed by atoms with Gasteiger partial charge in [-0.1, -0.05) is 48.5 Å². The van der Waals surface area contributed by atoms with E-state index in [2.05, 4.69) is 10.6 Å². The average Bonchev–Trinajstić information content (AvgIpc) is 3.20. The van der Waals surface area contributed by atoms with Gasteiger partial charge in [0.15, 0.2) is 0 Å². The van der Waals surface area contributed by atoms with E-state index in [4.69, 9.17) is 29.5 Å². The van der Waals surface area contributed by atoms with Crippen molar-refractivity contribution >= 4 is 24.1 Å². The number of carbonyl (C=O) groups excluding carboxylic acids is 5. The van der Waals surface area contributed by atoms with E-state index in [1.165, 1.54) is 0 Å². The lowest BCUT2D eigenvalue weighted by Crippen LogP contribution is -2.49. The third-order valence-electron chi connectivity index (χ3n) is 5.48. The predicted molar refractivity (Wildman–Crippen MR) is 131 cm³/mol. The van der Waals surface area contributed by atoms with Crippen LogP contribution in [0, 0.1) is 0 Å². The third-order valence-corrected chi connectivity index (χ3v) is 5.48. The fourth-order valence-corrected chi connectivity index (χ4v) is 3.93. The maximum Gasteiger partial charge on any atom is 0.407 e. The highest BCUT2D eigenvalue weighted by atomic mass is 16.5. The maximum absolute atomic E-state index is 12.5. The van der Waals surface area contributed by atoms with Gasteiger partial charge in [-0.2, -0.15) is 9.59 Å². The van der Waals surface area contributed by atoms with Gasteiger partial charge in [-0.3, -0.25) is 9.59 Å². The number of hydrogen-bond acceptors (Lipinski definition) is 8. The van der Waals surface area contributed by atoms with Crippen molar-refractivity contribution in [1.82, 2.24) is 10.6 Å². The van der Waals surface area contributed by atoms with E-state index in [9.17, 15) is 14.4 Å². The molecule has 0 bridgehead atoms. The summed E-state index contributed by atoms with van der Waals surface area (Å²) in [5.74, 6) is -1.37. The molecule has 37 heavy (non-hydrogen) atoms. The summed E-state index contributed by atoms with van der Waals surface area (Å²) < 4.78 is 16.0. The Bertz CT molecular complexity index is 1040. The monoisotopic (exact) mass is 513 g/mol. The van der Waals surface area contributed by atoms with Crippen molar-refractivity contribution in [2.75, 3.05) is 39.6 Å². The Morgan fingerprint density at radius 3 is 2.08 bits per heavy atom. The molecule has 0 spiro atoms. The molecule has 0 saturated heterocycles. The van der Waals surface area contributed by atoms with Gasteiger partial charge in [-0.05, 0) is 29.2 Å². The molecule has 0 saturated carbocycles. The first-order valence-electron chi connectivity index (χ1n) is 11.7. The fraction of sp³-hybridized carbons (Fsp3) is 0.385. The summed E-state index contributed by atoms with van der Waals surface area (Å²) in [6.45, 7) is 3.96. The summed E-state index contributed by atoms with van der Waals surface area (Å²) >= 11 is 0. The molecule has 11 nitrogen and oxygen atoms in total. The average molecular weight is 514 g/mol. The summed E-state index contributed by atoms with van der Waals surface area (Å²) in [5.41, 5.74) is 9.64. The Balaban J connectivity index is 0.00000153. The molecule has 1 aliphatic rings. The number of fused-ring (bicyclic) bond motifs is 3. The van der Waals surface area contributed by atoms with Crippen LogP contribution in [0.25, 0.3) is 11.1 Å². The SMILES string of the molecule is CCOCCOCCNC(=O)[C@H](CC(N)=O)NC(=O)OCC1c2ccccc2-c2ccccc21.O=C=O. The largest absolute Gasteiger partial charge is 0.449 e. The number of rotatable bonds is 13. The van der Waals surface area contributed by atoms with Crippen LogP contribution in [0.2, 0.25) is 0 Å². The van der Waals surface area contributed by atoms with Crippen molar-refractivity contribution in [1.29, 1.82) is 0 Å². The summed E-state index contributed by atoms with van der Waals surface area (Å²) in [6.07, 6.45) is -0.891. The molecule has 0 aliphatic heterocycles. The lowest BCUT2D eigenvalue weighted by molar-refractivity contribution is -0.191. The van der Waals surface area contributed by atoms with Crippen molar-refractivity contribution in [2.24, 2.45) is 5.73 Å². The van der Waals surface area contributed by atoms with Gasteiger partial charge in [-0.15, -0.1) is 0 Å². The van der Waals surface area contributed by atoms with Crippen molar-refractivity contribution in [3.63, 3.8) is 0 Å². The number of amides is 3. The molecule has 3 rings (SSSR count). The Kier molecular flexibility index (Phi) is 12.5. The highest BCUT2D eigenvalue weighted by Gasteiger charge is 2.30. The number of alkyl carbamates (subject to hydrolysis) is 1. The van der Waals surface area contributed by atoms with Gasteiger partial charge in [0.1, 0.15) is 12.6 Å². The van der Waals surface area contributed by atoms with Crippen LogP contribution in [0.15, 0.2) is 48.5 Å². The van der Waals surface area contributed by atoms with Gasteiger partial charge < -0.3 is 30.6 Å². The van der Waals surface area contributed by atoms with Crippen molar-refractivity contribution in [2.45, 2.75) is 25.3 Å². The molecular weight excluding hydrogens is 482 g/mol. The Hall–Kier alpha value is -4.05. The van der Waals surface area contributed by atoms with E-state index in [0.29, 0.717) is 19.8 Å². The van der Waals surface area contributed by atoms with Crippen LogP contribution in [0.1, 0.15) is 30.4 Å². The lowest BCUT2D eigenvalue weighted by Gasteiger charge is -2.19. The molecule has 0 unspecified atom stereocenters. The Morgan fingerprint density at radius 2 is 1.51 bits per heavy atom. The first kappa shape index (κ1) is 29.2. The third kappa shape index (κ3) is 9.16. The van der Waals surface area contributed by atoms with E-state index in [-0.39, 0.29) is 38.2 Å². The van der Waals surface area contributed by atoms with E-state index in [1.54, 1.807) is 0 Å². The quantitative estimate of drug-likeness (QED) is 0.338. The number of ether oxygens (including phenoxy) is 3. The molecule has 0 radical (unpaired) electrons.